The Morgan fingerprint density at radius 3 is 2.72 bits per heavy atom. The molecular weight excluding hydrogens is 239 g/mol. The lowest BCUT2D eigenvalue weighted by Crippen LogP contribution is -2.25. The van der Waals surface area contributed by atoms with Crippen molar-refractivity contribution in [1.29, 1.82) is 0 Å². The average molecular weight is 254 g/mol. The molecule has 1 aliphatic heterocycles. The Morgan fingerprint density at radius 2 is 2.11 bits per heavy atom. The van der Waals surface area contributed by atoms with Crippen molar-refractivity contribution in [3.05, 3.63) is 34.1 Å². The minimum Gasteiger partial charge on any atom is -0.489 e. The monoisotopic (exact) mass is 254 g/mol. The molecule has 0 aromatic heterocycles. The molecule has 1 aromatic rings. The van der Waals surface area contributed by atoms with Crippen LogP contribution < -0.4 is 4.74 Å². The number of benzene rings is 1. The maximum absolute atomic E-state index is 13.5. The summed E-state index contributed by atoms with van der Waals surface area (Å²) in [5.74, 6) is -0.620. The van der Waals surface area contributed by atoms with Crippen molar-refractivity contribution in [1.82, 2.24) is 4.90 Å². The Morgan fingerprint density at radius 1 is 1.39 bits per heavy atom. The number of nitrogens with zero attached hydrogens (tertiary/aromatic N) is 2. The second kappa shape index (κ2) is 5.77. The Hall–Kier alpha value is -1.69. The summed E-state index contributed by atoms with van der Waals surface area (Å²) in [6.07, 6.45) is 2.40. The van der Waals surface area contributed by atoms with Crippen LogP contribution in [0.5, 0.6) is 5.75 Å². The number of nitro benzene ring substituents is 1. The molecule has 1 saturated heterocycles. The van der Waals surface area contributed by atoms with E-state index in [0.29, 0.717) is 6.61 Å². The molecule has 0 unspecified atom stereocenters. The Balaban J connectivity index is 1.87. The van der Waals surface area contributed by atoms with Crippen LogP contribution in [0.4, 0.5) is 10.1 Å². The molecule has 5 nitrogen and oxygen atoms in total. The van der Waals surface area contributed by atoms with Gasteiger partial charge in [-0.25, -0.2) is 4.39 Å². The van der Waals surface area contributed by atoms with Gasteiger partial charge in [0.1, 0.15) is 6.61 Å². The van der Waals surface area contributed by atoms with Crippen LogP contribution in [-0.2, 0) is 0 Å². The topological polar surface area (TPSA) is 55.6 Å². The van der Waals surface area contributed by atoms with Crippen LogP contribution in [0.25, 0.3) is 0 Å². The zero-order valence-electron chi connectivity index (χ0n) is 9.97. The van der Waals surface area contributed by atoms with Gasteiger partial charge < -0.3 is 4.74 Å². The molecule has 18 heavy (non-hydrogen) atoms. The summed E-state index contributed by atoms with van der Waals surface area (Å²) in [7, 11) is 0. The lowest BCUT2D eigenvalue weighted by molar-refractivity contribution is -0.385. The van der Waals surface area contributed by atoms with Crippen LogP contribution in [0.1, 0.15) is 12.8 Å². The summed E-state index contributed by atoms with van der Waals surface area (Å²) in [5, 5.41) is 10.4. The van der Waals surface area contributed by atoms with Gasteiger partial charge in [0.25, 0.3) is 5.69 Å². The van der Waals surface area contributed by atoms with E-state index in [-0.39, 0.29) is 11.4 Å². The maximum atomic E-state index is 13.5. The van der Waals surface area contributed by atoms with Gasteiger partial charge >= 0.3 is 0 Å². The van der Waals surface area contributed by atoms with E-state index in [1.807, 2.05) is 0 Å². The van der Waals surface area contributed by atoms with E-state index in [1.54, 1.807) is 0 Å². The van der Waals surface area contributed by atoms with Crippen LogP contribution in [0.2, 0.25) is 0 Å². The molecule has 0 aliphatic carbocycles. The molecule has 0 spiro atoms. The molecule has 0 saturated carbocycles. The van der Waals surface area contributed by atoms with Gasteiger partial charge in [-0.3, -0.25) is 15.0 Å². The van der Waals surface area contributed by atoms with Crippen molar-refractivity contribution in [3.63, 3.8) is 0 Å². The number of rotatable bonds is 5. The second-order valence-electron chi connectivity index (χ2n) is 4.27. The summed E-state index contributed by atoms with van der Waals surface area (Å²) < 4.78 is 18.8. The molecule has 0 amide bonds. The predicted molar refractivity (Wildman–Crippen MR) is 64.2 cm³/mol. The minimum absolute atomic E-state index is 0.0693. The van der Waals surface area contributed by atoms with Gasteiger partial charge in [-0.15, -0.1) is 0 Å². The lowest BCUT2D eigenvalue weighted by Gasteiger charge is -2.15. The van der Waals surface area contributed by atoms with Gasteiger partial charge in [-0.1, -0.05) is 0 Å². The Bertz CT molecular complexity index is 433. The first-order valence-electron chi connectivity index (χ1n) is 5.96. The summed E-state index contributed by atoms with van der Waals surface area (Å²) in [5.41, 5.74) is -0.264. The largest absolute Gasteiger partial charge is 0.489 e. The van der Waals surface area contributed by atoms with Crippen LogP contribution in [-0.4, -0.2) is 36.1 Å². The van der Waals surface area contributed by atoms with Crippen molar-refractivity contribution in [2.45, 2.75) is 12.8 Å². The summed E-state index contributed by atoms with van der Waals surface area (Å²) in [4.78, 5) is 12.1. The average Bonchev–Trinajstić information content (AvgIpc) is 2.84. The third-order valence-electron chi connectivity index (χ3n) is 2.99. The van der Waals surface area contributed by atoms with Crippen molar-refractivity contribution in [2.75, 3.05) is 26.2 Å². The molecule has 0 N–H and O–H groups in total. The highest BCUT2D eigenvalue weighted by atomic mass is 19.1. The van der Waals surface area contributed by atoms with Gasteiger partial charge in [0.05, 0.1) is 11.0 Å². The summed E-state index contributed by atoms with van der Waals surface area (Å²) in [6, 6.07) is 3.43. The highest BCUT2D eigenvalue weighted by Crippen LogP contribution is 2.22. The first kappa shape index (κ1) is 12.8. The zero-order chi connectivity index (χ0) is 13.0. The standard InChI is InChI=1S/C12H15FN2O3/c13-11-9-10(15(16)17)3-4-12(11)18-8-7-14-5-1-2-6-14/h3-4,9H,1-2,5-8H2. The predicted octanol–water partition coefficient (Wildman–Crippen LogP) is 2.21. The highest BCUT2D eigenvalue weighted by molar-refractivity contribution is 5.37. The van der Waals surface area contributed by atoms with Crippen molar-refractivity contribution in [2.24, 2.45) is 0 Å². The zero-order valence-corrected chi connectivity index (χ0v) is 9.97. The van der Waals surface area contributed by atoms with E-state index in [0.717, 1.165) is 25.7 Å². The van der Waals surface area contributed by atoms with E-state index in [2.05, 4.69) is 4.90 Å². The lowest BCUT2D eigenvalue weighted by atomic mass is 10.3. The molecule has 1 aliphatic rings. The van der Waals surface area contributed by atoms with Crippen LogP contribution >= 0.6 is 0 Å². The number of non-ortho nitro benzene ring substituents is 1. The SMILES string of the molecule is O=[N+]([O-])c1ccc(OCCN2CCCC2)c(F)c1. The number of hydrogen-bond acceptors (Lipinski definition) is 4. The van der Waals surface area contributed by atoms with Gasteiger partial charge in [0, 0.05) is 12.6 Å². The molecule has 0 atom stereocenters. The minimum atomic E-state index is -0.689. The molecule has 6 heteroatoms. The molecular formula is C12H15FN2O3. The summed E-state index contributed by atoms with van der Waals surface area (Å²) in [6.45, 7) is 3.28. The van der Waals surface area contributed by atoms with E-state index in [1.165, 1.54) is 25.0 Å². The number of nitro groups is 1. The third kappa shape index (κ3) is 3.16. The first-order chi connectivity index (χ1) is 8.66. The Kier molecular flexibility index (Phi) is 4.09. The van der Waals surface area contributed by atoms with Gasteiger partial charge in [0.15, 0.2) is 11.6 Å². The normalized spacial score (nSPS) is 15.8. The van der Waals surface area contributed by atoms with Gasteiger partial charge in [0.2, 0.25) is 0 Å². The number of ether oxygens (including phenoxy) is 1. The fourth-order valence-corrected chi connectivity index (χ4v) is 2.01. The number of hydrogen-bond donors (Lipinski definition) is 0. The summed E-state index contributed by atoms with van der Waals surface area (Å²) >= 11 is 0. The van der Waals surface area contributed by atoms with Crippen molar-refractivity contribution in [3.8, 4) is 5.75 Å². The van der Waals surface area contributed by atoms with Crippen LogP contribution in [0.3, 0.4) is 0 Å². The molecule has 0 bridgehead atoms. The first-order valence-corrected chi connectivity index (χ1v) is 5.96. The molecule has 98 valence electrons. The van der Waals surface area contributed by atoms with Crippen LogP contribution in [0.15, 0.2) is 18.2 Å². The molecule has 1 heterocycles. The maximum Gasteiger partial charge on any atom is 0.272 e. The smallest absolute Gasteiger partial charge is 0.272 e. The number of likely N-dealkylation sites (tertiary alicyclic amines) is 1. The fourth-order valence-electron chi connectivity index (χ4n) is 2.01. The Labute approximate surface area is 104 Å². The van der Waals surface area contributed by atoms with E-state index < -0.39 is 10.7 Å². The molecule has 0 radical (unpaired) electrons. The highest BCUT2D eigenvalue weighted by Gasteiger charge is 2.13. The van der Waals surface area contributed by atoms with Gasteiger partial charge in [-0.05, 0) is 32.0 Å². The van der Waals surface area contributed by atoms with Crippen LogP contribution in [0, 0.1) is 15.9 Å². The van der Waals surface area contributed by atoms with Crippen molar-refractivity contribution < 1.29 is 14.1 Å². The molecule has 1 fully saturated rings. The second-order valence-corrected chi connectivity index (χ2v) is 4.27. The fraction of sp³-hybridized carbons (Fsp3) is 0.500. The third-order valence-corrected chi connectivity index (χ3v) is 2.99. The van der Waals surface area contributed by atoms with E-state index >= 15 is 0 Å². The van der Waals surface area contributed by atoms with Crippen molar-refractivity contribution >= 4 is 5.69 Å². The number of halogens is 1. The quantitative estimate of drug-likeness (QED) is 0.597. The molecule has 2 rings (SSSR count). The van der Waals surface area contributed by atoms with E-state index in [4.69, 9.17) is 4.74 Å². The molecule has 1 aromatic carbocycles. The van der Waals surface area contributed by atoms with E-state index in [9.17, 15) is 14.5 Å². The van der Waals surface area contributed by atoms with Gasteiger partial charge in [-0.2, -0.15) is 0 Å².